The van der Waals surface area contributed by atoms with Gasteiger partial charge in [0.1, 0.15) is 6.61 Å². The normalized spacial score (nSPS) is 34.5. The molecule has 1 aliphatic carbocycles. The van der Waals surface area contributed by atoms with E-state index in [2.05, 4.69) is 24.2 Å². The highest BCUT2D eigenvalue weighted by atomic mass is 16.5. The number of aliphatic imine (C=N–C) groups is 1. The average Bonchev–Trinajstić information content (AvgIpc) is 2.70. The molecular weight excluding hydrogens is 164 g/mol. The highest BCUT2D eigenvalue weighted by Crippen LogP contribution is 2.30. The molecule has 0 aromatic carbocycles. The molecule has 0 aromatic heterocycles. The molecule has 1 aliphatic heterocycles. The van der Waals surface area contributed by atoms with E-state index in [1.54, 1.807) is 0 Å². The Hall–Kier alpha value is -0.730. The van der Waals surface area contributed by atoms with Crippen LogP contribution in [0.2, 0.25) is 0 Å². The van der Waals surface area contributed by atoms with Gasteiger partial charge in [-0.1, -0.05) is 13.8 Å². The lowest BCUT2D eigenvalue weighted by atomic mass is 10.0. The number of rotatable bonds is 1. The summed E-state index contributed by atoms with van der Waals surface area (Å²) in [7, 11) is 0. The molecule has 1 saturated carbocycles. The van der Waals surface area contributed by atoms with Crippen LogP contribution in [-0.4, -0.2) is 25.2 Å². The Bertz CT molecular complexity index is 205. The molecule has 1 fully saturated rings. The van der Waals surface area contributed by atoms with Gasteiger partial charge in [-0.25, -0.2) is 4.99 Å². The van der Waals surface area contributed by atoms with Gasteiger partial charge in [0, 0.05) is 6.04 Å². The van der Waals surface area contributed by atoms with Gasteiger partial charge in [-0.05, 0) is 24.7 Å². The lowest BCUT2D eigenvalue weighted by Crippen LogP contribution is -2.40. The first kappa shape index (κ1) is 8.85. The molecule has 0 amide bonds. The van der Waals surface area contributed by atoms with Crippen LogP contribution in [0.5, 0.6) is 0 Å². The molecule has 0 radical (unpaired) electrons. The topological polar surface area (TPSA) is 33.6 Å². The van der Waals surface area contributed by atoms with E-state index in [1.807, 2.05) is 0 Å². The standard InChI is InChI=1S/C10H18N2O/c1-7-3-4-8(2)9(7)12-10-11-5-6-13-10/h7-9H,3-6H2,1-2H3,(H,11,12)/t7-,8-/m1/s1. The van der Waals surface area contributed by atoms with Crippen molar-refractivity contribution in [3.63, 3.8) is 0 Å². The predicted octanol–water partition coefficient (Wildman–Crippen LogP) is 1.40. The van der Waals surface area contributed by atoms with Crippen LogP contribution in [0.3, 0.4) is 0 Å². The van der Waals surface area contributed by atoms with E-state index < -0.39 is 0 Å². The number of hydrogen-bond donors (Lipinski definition) is 1. The first-order valence-electron chi connectivity index (χ1n) is 5.21. The van der Waals surface area contributed by atoms with Crippen molar-refractivity contribution in [3.8, 4) is 0 Å². The monoisotopic (exact) mass is 182 g/mol. The van der Waals surface area contributed by atoms with Crippen molar-refractivity contribution in [1.29, 1.82) is 0 Å². The number of nitrogens with zero attached hydrogens (tertiary/aromatic N) is 1. The lowest BCUT2D eigenvalue weighted by molar-refractivity contribution is 0.307. The van der Waals surface area contributed by atoms with Crippen molar-refractivity contribution in [2.24, 2.45) is 16.8 Å². The van der Waals surface area contributed by atoms with Crippen molar-refractivity contribution in [3.05, 3.63) is 0 Å². The summed E-state index contributed by atoms with van der Waals surface area (Å²) in [6, 6.07) is 1.34. The van der Waals surface area contributed by atoms with Crippen molar-refractivity contribution < 1.29 is 4.74 Å². The van der Waals surface area contributed by atoms with Gasteiger partial charge in [0.2, 0.25) is 0 Å². The summed E-state index contributed by atoms with van der Waals surface area (Å²) in [6.07, 6.45) is 2.65. The minimum Gasteiger partial charge on any atom is -0.463 e. The van der Waals surface area contributed by atoms with E-state index in [-0.39, 0.29) is 0 Å². The largest absolute Gasteiger partial charge is 0.463 e. The maximum absolute atomic E-state index is 5.35. The second-order valence-electron chi connectivity index (χ2n) is 4.24. The molecule has 0 aromatic rings. The van der Waals surface area contributed by atoms with Gasteiger partial charge in [-0.2, -0.15) is 0 Å². The van der Waals surface area contributed by atoms with Crippen LogP contribution >= 0.6 is 0 Å². The summed E-state index contributed by atoms with van der Waals surface area (Å²) in [6.45, 7) is 6.17. The quantitative estimate of drug-likeness (QED) is 0.665. The number of hydrogen-bond acceptors (Lipinski definition) is 3. The van der Waals surface area contributed by atoms with Crippen molar-refractivity contribution in [2.45, 2.75) is 32.7 Å². The molecule has 0 spiro atoms. The van der Waals surface area contributed by atoms with Crippen molar-refractivity contribution >= 4 is 6.02 Å². The minimum atomic E-state index is 0.567. The van der Waals surface area contributed by atoms with Crippen LogP contribution in [0, 0.1) is 11.8 Å². The Labute approximate surface area is 79.6 Å². The second-order valence-corrected chi connectivity index (χ2v) is 4.24. The molecule has 2 atom stereocenters. The van der Waals surface area contributed by atoms with Crippen molar-refractivity contribution in [1.82, 2.24) is 5.32 Å². The fourth-order valence-corrected chi connectivity index (χ4v) is 2.30. The maximum atomic E-state index is 5.35. The zero-order chi connectivity index (χ0) is 9.26. The summed E-state index contributed by atoms with van der Waals surface area (Å²) in [4.78, 5) is 4.25. The van der Waals surface area contributed by atoms with Gasteiger partial charge in [0.25, 0.3) is 6.02 Å². The van der Waals surface area contributed by atoms with Crippen LogP contribution < -0.4 is 5.32 Å². The number of nitrogens with one attached hydrogen (secondary N) is 1. The summed E-state index contributed by atoms with van der Waals surface area (Å²) < 4.78 is 5.35. The fourth-order valence-electron chi connectivity index (χ4n) is 2.30. The van der Waals surface area contributed by atoms with E-state index in [0.29, 0.717) is 6.04 Å². The van der Waals surface area contributed by atoms with E-state index in [1.165, 1.54) is 12.8 Å². The maximum Gasteiger partial charge on any atom is 0.285 e. The average molecular weight is 182 g/mol. The molecule has 13 heavy (non-hydrogen) atoms. The highest BCUT2D eigenvalue weighted by Gasteiger charge is 2.31. The Kier molecular flexibility index (Phi) is 2.42. The zero-order valence-corrected chi connectivity index (χ0v) is 8.42. The van der Waals surface area contributed by atoms with Crippen LogP contribution in [-0.2, 0) is 4.74 Å². The molecule has 1 heterocycles. The Morgan fingerprint density at radius 2 is 2.00 bits per heavy atom. The Morgan fingerprint density at radius 1 is 1.31 bits per heavy atom. The second kappa shape index (κ2) is 3.56. The van der Waals surface area contributed by atoms with Crippen LogP contribution in [0.15, 0.2) is 4.99 Å². The minimum absolute atomic E-state index is 0.567. The Balaban J connectivity index is 1.92. The van der Waals surface area contributed by atoms with Gasteiger partial charge in [-0.15, -0.1) is 0 Å². The molecule has 1 N–H and O–H groups in total. The summed E-state index contributed by atoms with van der Waals surface area (Å²) in [5.74, 6) is 1.50. The van der Waals surface area contributed by atoms with Gasteiger partial charge >= 0.3 is 0 Å². The molecule has 2 rings (SSSR count). The molecule has 0 saturated heterocycles. The summed E-state index contributed by atoms with van der Waals surface area (Å²) in [5.41, 5.74) is 0. The van der Waals surface area contributed by atoms with Crippen LogP contribution in [0.25, 0.3) is 0 Å². The number of amidine groups is 1. The lowest BCUT2D eigenvalue weighted by Gasteiger charge is -2.21. The first-order chi connectivity index (χ1) is 6.27. The summed E-state index contributed by atoms with van der Waals surface area (Å²) in [5, 5.41) is 3.41. The smallest absolute Gasteiger partial charge is 0.285 e. The molecule has 3 nitrogen and oxygen atoms in total. The molecule has 2 aliphatic rings. The molecule has 3 heteroatoms. The van der Waals surface area contributed by atoms with Gasteiger partial charge < -0.3 is 10.1 Å². The zero-order valence-electron chi connectivity index (χ0n) is 8.42. The van der Waals surface area contributed by atoms with E-state index in [0.717, 1.165) is 31.0 Å². The molecular formula is C10H18N2O. The van der Waals surface area contributed by atoms with Gasteiger partial charge in [0.15, 0.2) is 0 Å². The van der Waals surface area contributed by atoms with E-state index in [4.69, 9.17) is 4.74 Å². The van der Waals surface area contributed by atoms with Gasteiger partial charge in [-0.3, -0.25) is 0 Å². The van der Waals surface area contributed by atoms with Crippen molar-refractivity contribution in [2.75, 3.05) is 13.2 Å². The third-order valence-corrected chi connectivity index (χ3v) is 3.18. The third kappa shape index (κ3) is 1.79. The molecule has 0 bridgehead atoms. The molecule has 74 valence electrons. The Morgan fingerprint density at radius 3 is 2.54 bits per heavy atom. The summed E-state index contributed by atoms with van der Waals surface area (Å²) >= 11 is 0. The predicted molar refractivity (Wildman–Crippen MR) is 52.7 cm³/mol. The highest BCUT2D eigenvalue weighted by molar-refractivity contribution is 5.75. The van der Waals surface area contributed by atoms with Crippen LogP contribution in [0.4, 0.5) is 0 Å². The van der Waals surface area contributed by atoms with Gasteiger partial charge in [0.05, 0.1) is 6.54 Å². The van der Waals surface area contributed by atoms with E-state index in [9.17, 15) is 0 Å². The first-order valence-corrected chi connectivity index (χ1v) is 5.21. The molecule has 0 unspecified atom stereocenters. The fraction of sp³-hybridized carbons (Fsp3) is 0.900. The number of ether oxygens (including phenoxy) is 1. The van der Waals surface area contributed by atoms with E-state index >= 15 is 0 Å². The third-order valence-electron chi connectivity index (χ3n) is 3.18. The van der Waals surface area contributed by atoms with Crippen LogP contribution in [0.1, 0.15) is 26.7 Å². The SMILES string of the molecule is C[C@@H]1CC[C@@H](C)C1NC1=NCCO1.